The summed E-state index contributed by atoms with van der Waals surface area (Å²) in [6.45, 7) is 7.15. The number of alkyl halides is 1. The van der Waals surface area contributed by atoms with Gasteiger partial charge in [0, 0.05) is 16.9 Å². The Bertz CT molecular complexity index is 373. The van der Waals surface area contributed by atoms with Gasteiger partial charge in [-0.05, 0) is 36.5 Å². The summed E-state index contributed by atoms with van der Waals surface area (Å²) in [5.41, 5.74) is 2.00. The highest BCUT2D eigenvalue weighted by Crippen LogP contribution is 2.14. The zero-order valence-electron chi connectivity index (χ0n) is 11.4. The molecule has 0 aliphatic heterocycles. The zero-order chi connectivity index (χ0) is 13.5. The van der Waals surface area contributed by atoms with Crippen molar-refractivity contribution in [2.75, 3.05) is 6.54 Å². The van der Waals surface area contributed by atoms with Crippen LogP contribution in [0.15, 0.2) is 24.3 Å². The number of hydrogen-bond donors (Lipinski definition) is 1. The van der Waals surface area contributed by atoms with Crippen molar-refractivity contribution in [3.63, 3.8) is 0 Å². The van der Waals surface area contributed by atoms with Crippen molar-refractivity contribution < 1.29 is 4.79 Å². The second-order valence-corrected chi connectivity index (χ2v) is 6.12. The Morgan fingerprint density at radius 2 is 1.89 bits per heavy atom. The minimum atomic E-state index is 0.0149. The number of carbonyl (C=O) groups excluding carboxylic acids is 1. The van der Waals surface area contributed by atoms with Gasteiger partial charge in [0.1, 0.15) is 0 Å². The Hall–Kier alpha value is -0.830. The van der Waals surface area contributed by atoms with Gasteiger partial charge in [0.25, 0.3) is 5.91 Å². The van der Waals surface area contributed by atoms with E-state index in [9.17, 15) is 4.79 Å². The number of nitrogens with one attached hydrogen (secondary N) is 1. The number of rotatable bonds is 6. The summed E-state index contributed by atoms with van der Waals surface area (Å²) in [7, 11) is 0. The molecule has 18 heavy (non-hydrogen) atoms. The Kier molecular flexibility index (Phi) is 6.41. The van der Waals surface area contributed by atoms with Crippen LogP contribution in [0.5, 0.6) is 0 Å². The van der Waals surface area contributed by atoms with Crippen molar-refractivity contribution in [2.45, 2.75) is 44.4 Å². The van der Waals surface area contributed by atoms with Crippen LogP contribution >= 0.6 is 15.9 Å². The van der Waals surface area contributed by atoms with E-state index in [4.69, 9.17) is 0 Å². The molecule has 1 amide bonds. The van der Waals surface area contributed by atoms with Crippen LogP contribution < -0.4 is 5.32 Å². The highest BCUT2D eigenvalue weighted by molar-refractivity contribution is 9.09. The lowest BCUT2D eigenvalue weighted by Gasteiger charge is -2.09. The maximum absolute atomic E-state index is 11.9. The maximum Gasteiger partial charge on any atom is 0.251 e. The minimum Gasteiger partial charge on any atom is -0.352 e. The molecule has 0 heterocycles. The molecular weight excluding hydrogens is 290 g/mol. The van der Waals surface area contributed by atoms with E-state index in [1.165, 1.54) is 5.56 Å². The summed E-state index contributed by atoms with van der Waals surface area (Å²) >= 11 is 3.56. The fourth-order valence-corrected chi connectivity index (χ4v) is 1.90. The molecule has 1 aromatic carbocycles. The van der Waals surface area contributed by atoms with Crippen molar-refractivity contribution in [3.8, 4) is 0 Å². The van der Waals surface area contributed by atoms with Crippen molar-refractivity contribution in [2.24, 2.45) is 0 Å². The molecule has 1 rings (SSSR count). The molecule has 100 valence electrons. The van der Waals surface area contributed by atoms with Crippen LogP contribution in [-0.2, 0) is 0 Å². The van der Waals surface area contributed by atoms with Crippen LogP contribution in [0, 0.1) is 0 Å². The molecule has 2 nitrogen and oxygen atoms in total. The zero-order valence-corrected chi connectivity index (χ0v) is 13.0. The Labute approximate surface area is 118 Å². The van der Waals surface area contributed by atoms with E-state index in [1.807, 2.05) is 24.3 Å². The quantitative estimate of drug-likeness (QED) is 0.787. The van der Waals surface area contributed by atoms with E-state index in [0.29, 0.717) is 17.3 Å². The largest absolute Gasteiger partial charge is 0.352 e. The molecule has 0 aromatic heterocycles. The standard InChI is InChI=1S/C15H22BrNO/c1-4-14(16)9-10-17-15(18)13-7-5-12(6-8-13)11(2)3/h5-8,11,14H,4,9-10H2,1-3H3,(H,17,18). The van der Waals surface area contributed by atoms with E-state index in [-0.39, 0.29) is 5.91 Å². The lowest BCUT2D eigenvalue weighted by Crippen LogP contribution is -2.25. The smallest absolute Gasteiger partial charge is 0.251 e. The lowest BCUT2D eigenvalue weighted by atomic mass is 10.0. The van der Waals surface area contributed by atoms with Gasteiger partial charge in [-0.25, -0.2) is 0 Å². The van der Waals surface area contributed by atoms with Gasteiger partial charge in [0.2, 0.25) is 0 Å². The van der Waals surface area contributed by atoms with E-state index >= 15 is 0 Å². The fourth-order valence-electron chi connectivity index (χ4n) is 1.67. The SMILES string of the molecule is CCC(Br)CCNC(=O)c1ccc(C(C)C)cc1. The first-order valence-electron chi connectivity index (χ1n) is 6.56. The van der Waals surface area contributed by atoms with Crippen molar-refractivity contribution in [1.29, 1.82) is 0 Å². The maximum atomic E-state index is 11.9. The monoisotopic (exact) mass is 311 g/mol. The van der Waals surface area contributed by atoms with Crippen molar-refractivity contribution in [1.82, 2.24) is 5.32 Å². The Balaban J connectivity index is 2.46. The van der Waals surface area contributed by atoms with Gasteiger partial charge in [0.05, 0.1) is 0 Å². The Morgan fingerprint density at radius 3 is 2.39 bits per heavy atom. The lowest BCUT2D eigenvalue weighted by molar-refractivity contribution is 0.0953. The summed E-state index contributed by atoms with van der Waals surface area (Å²) in [4.78, 5) is 12.4. The summed E-state index contributed by atoms with van der Waals surface area (Å²) in [6.07, 6.45) is 2.05. The van der Waals surface area contributed by atoms with Gasteiger partial charge in [-0.15, -0.1) is 0 Å². The molecule has 1 atom stereocenters. The van der Waals surface area contributed by atoms with Crippen molar-refractivity contribution >= 4 is 21.8 Å². The third-order valence-corrected chi connectivity index (χ3v) is 4.13. The third kappa shape index (κ3) is 4.81. The van der Waals surface area contributed by atoms with Crippen LogP contribution in [0.25, 0.3) is 0 Å². The van der Waals surface area contributed by atoms with Crippen LogP contribution in [0.3, 0.4) is 0 Å². The van der Waals surface area contributed by atoms with Crippen LogP contribution in [0.2, 0.25) is 0 Å². The van der Waals surface area contributed by atoms with Crippen LogP contribution in [0.1, 0.15) is 55.5 Å². The average Bonchev–Trinajstić information content (AvgIpc) is 2.38. The first-order chi connectivity index (χ1) is 8.54. The number of benzene rings is 1. The molecule has 0 spiro atoms. The molecule has 1 aromatic rings. The van der Waals surface area contributed by atoms with Gasteiger partial charge in [-0.1, -0.05) is 48.8 Å². The predicted octanol–water partition coefficient (Wildman–Crippen LogP) is 4.10. The first-order valence-corrected chi connectivity index (χ1v) is 7.48. The summed E-state index contributed by atoms with van der Waals surface area (Å²) in [6, 6.07) is 7.85. The third-order valence-electron chi connectivity index (χ3n) is 3.03. The second-order valence-electron chi connectivity index (χ2n) is 4.83. The molecule has 1 N–H and O–H groups in total. The molecule has 0 fully saturated rings. The normalized spacial score (nSPS) is 12.5. The summed E-state index contributed by atoms with van der Waals surface area (Å²) in [5.74, 6) is 0.516. The molecule has 0 saturated carbocycles. The molecular formula is C15H22BrNO. The first kappa shape index (κ1) is 15.2. The molecule has 0 saturated heterocycles. The topological polar surface area (TPSA) is 29.1 Å². The van der Waals surface area contributed by atoms with E-state index in [1.54, 1.807) is 0 Å². The predicted molar refractivity (Wildman–Crippen MR) is 80.5 cm³/mol. The molecule has 1 unspecified atom stereocenters. The molecule has 0 bridgehead atoms. The van der Waals surface area contributed by atoms with E-state index in [2.05, 4.69) is 42.0 Å². The highest BCUT2D eigenvalue weighted by atomic mass is 79.9. The average molecular weight is 312 g/mol. The molecule has 0 radical (unpaired) electrons. The molecule has 0 aliphatic rings. The van der Waals surface area contributed by atoms with Gasteiger partial charge >= 0.3 is 0 Å². The number of hydrogen-bond acceptors (Lipinski definition) is 1. The van der Waals surface area contributed by atoms with Crippen LogP contribution in [-0.4, -0.2) is 17.3 Å². The second kappa shape index (κ2) is 7.57. The van der Waals surface area contributed by atoms with E-state index in [0.717, 1.165) is 18.4 Å². The minimum absolute atomic E-state index is 0.0149. The molecule has 0 aliphatic carbocycles. The number of carbonyl (C=O) groups is 1. The van der Waals surface area contributed by atoms with Crippen LogP contribution in [0.4, 0.5) is 0 Å². The van der Waals surface area contributed by atoms with Gasteiger partial charge in [-0.3, -0.25) is 4.79 Å². The summed E-state index contributed by atoms with van der Waals surface area (Å²) in [5, 5.41) is 2.94. The number of amides is 1. The van der Waals surface area contributed by atoms with Gasteiger partial charge in [0.15, 0.2) is 0 Å². The highest BCUT2D eigenvalue weighted by Gasteiger charge is 2.07. The molecule has 3 heteroatoms. The Morgan fingerprint density at radius 1 is 1.28 bits per heavy atom. The van der Waals surface area contributed by atoms with Gasteiger partial charge < -0.3 is 5.32 Å². The van der Waals surface area contributed by atoms with E-state index < -0.39 is 0 Å². The number of halogens is 1. The van der Waals surface area contributed by atoms with Crippen molar-refractivity contribution in [3.05, 3.63) is 35.4 Å². The fraction of sp³-hybridized carbons (Fsp3) is 0.533. The summed E-state index contributed by atoms with van der Waals surface area (Å²) < 4.78 is 0. The van der Waals surface area contributed by atoms with Gasteiger partial charge in [-0.2, -0.15) is 0 Å².